The Bertz CT molecular complexity index is 714. The van der Waals surface area contributed by atoms with Gasteiger partial charge in [-0.1, -0.05) is 5.16 Å². The number of nitrogens with two attached hydrogens (primary N) is 1. The van der Waals surface area contributed by atoms with Gasteiger partial charge in [-0.25, -0.2) is 4.39 Å². The molecular formula is C18H23FN4O2. The molecule has 2 atom stereocenters. The summed E-state index contributed by atoms with van der Waals surface area (Å²) >= 11 is 0. The van der Waals surface area contributed by atoms with Gasteiger partial charge in [-0.15, -0.1) is 0 Å². The van der Waals surface area contributed by atoms with Crippen LogP contribution < -0.4 is 5.73 Å². The molecule has 3 rings (SSSR count). The highest BCUT2D eigenvalue weighted by Gasteiger charge is 2.28. The Kier molecular flexibility index (Phi) is 5.43. The zero-order valence-corrected chi connectivity index (χ0v) is 14.3. The van der Waals surface area contributed by atoms with Crippen LogP contribution in [0.15, 0.2) is 28.8 Å². The minimum Gasteiger partial charge on any atom is -0.342 e. The molecule has 2 unspecified atom stereocenters. The van der Waals surface area contributed by atoms with Crippen molar-refractivity contribution in [3.63, 3.8) is 0 Å². The lowest BCUT2D eigenvalue weighted by molar-refractivity contribution is -0.132. The van der Waals surface area contributed by atoms with Crippen LogP contribution in [-0.4, -0.2) is 40.1 Å². The van der Waals surface area contributed by atoms with E-state index < -0.39 is 0 Å². The normalized spacial score (nSPS) is 19.0. The average Bonchev–Trinajstić information content (AvgIpc) is 3.10. The van der Waals surface area contributed by atoms with E-state index in [1.807, 2.05) is 11.8 Å². The molecule has 0 saturated carbocycles. The number of hydrogen-bond donors (Lipinski definition) is 1. The number of amides is 1. The van der Waals surface area contributed by atoms with E-state index in [2.05, 4.69) is 10.1 Å². The summed E-state index contributed by atoms with van der Waals surface area (Å²) in [6, 6.07) is 6.00. The van der Waals surface area contributed by atoms with Crippen LogP contribution in [0.4, 0.5) is 4.39 Å². The van der Waals surface area contributed by atoms with Crippen LogP contribution >= 0.6 is 0 Å². The van der Waals surface area contributed by atoms with Gasteiger partial charge in [0.25, 0.3) is 0 Å². The van der Waals surface area contributed by atoms with E-state index in [1.165, 1.54) is 12.1 Å². The van der Waals surface area contributed by atoms with Gasteiger partial charge in [-0.2, -0.15) is 4.98 Å². The molecule has 0 radical (unpaired) electrons. The number of piperidine rings is 1. The molecule has 7 heteroatoms. The quantitative estimate of drug-likeness (QED) is 0.900. The fraction of sp³-hybridized carbons (Fsp3) is 0.500. The van der Waals surface area contributed by atoms with Crippen molar-refractivity contribution in [2.45, 2.75) is 44.6 Å². The molecule has 1 aliphatic rings. The maximum Gasteiger partial charge on any atom is 0.231 e. The number of aromatic nitrogens is 2. The topological polar surface area (TPSA) is 85.3 Å². The highest BCUT2D eigenvalue weighted by Crippen LogP contribution is 2.28. The third kappa shape index (κ3) is 4.42. The van der Waals surface area contributed by atoms with Crippen molar-refractivity contribution in [3.8, 4) is 11.4 Å². The number of carbonyl (C=O) groups is 1. The second kappa shape index (κ2) is 7.74. The van der Waals surface area contributed by atoms with E-state index in [0.29, 0.717) is 36.7 Å². The van der Waals surface area contributed by atoms with Crippen molar-refractivity contribution in [1.29, 1.82) is 0 Å². The zero-order valence-electron chi connectivity index (χ0n) is 14.3. The Labute approximate surface area is 146 Å². The summed E-state index contributed by atoms with van der Waals surface area (Å²) in [4.78, 5) is 18.6. The van der Waals surface area contributed by atoms with E-state index in [4.69, 9.17) is 10.3 Å². The fourth-order valence-corrected chi connectivity index (χ4v) is 3.03. The molecule has 1 aromatic heterocycles. The smallest absolute Gasteiger partial charge is 0.231 e. The SMILES string of the molecule is CC(N)CCC(=O)N1CCCC(c2nc(-c3ccc(F)cc3)no2)C1. The second-order valence-electron chi connectivity index (χ2n) is 6.66. The van der Waals surface area contributed by atoms with E-state index in [1.54, 1.807) is 12.1 Å². The molecule has 0 bridgehead atoms. The number of likely N-dealkylation sites (tertiary alicyclic amines) is 1. The maximum absolute atomic E-state index is 13.0. The first-order chi connectivity index (χ1) is 12.0. The summed E-state index contributed by atoms with van der Waals surface area (Å²) in [6.45, 7) is 3.25. The lowest BCUT2D eigenvalue weighted by atomic mass is 9.97. The molecule has 2 N–H and O–H groups in total. The van der Waals surface area contributed by atoms with Crippen LogP contribution in [0, 0.1) is 5.82 Å². The van der Waals surface area contributed by atoms with Crippen molar-refractivity contribution in [3.05, 3.63) is 36.0 Å². The van der Waals surface area contributed by atoms with Crippen LogP contribution in [0.2, 0.25) is 0 Å². The minimum absolute atomic E-state index is 0.0266. The molecule has 25 heavy (non-hydrogen) atoms. The monoisotopic (exact) mass is 346 g/mol. The molecule has 6 nitrogen and oxygen atoms in total. The van der Waals surface area contributed by atoms with Crippen LogP contribution in [0.1, 0.15) is 44.4 Å². The Hall–Kier alpha value is -2.28. The highest BCUT2D eigenvalue weighted by atomic mass is 19.1. The summed E-state index contributed by atoms with van der Waals surface area (Å²) < 4.78 is 18.4. The number of halogens is 1. The van der Waals surface area contributed by atoms with Crippen molar-refractivity contribution in [1.82, 2.24) is 15.0 Å². The molecule has 0 aliphatic carbocycles. The average molecular weight is 346 g/mol. The summed E-state index contributed by atoms with van der Waals surface area (Å²) in [5.41, 5.74) is 6.43. The largest absolute Gasteiger partial charge is 0.342 e. The third-order valence-corrected chi connectivity index (χ3v) is 4.48. The van der Waals surface area contributed by atoms with Crippen molar-refractivity contribution < 1.29 is 13.7 Å². The van der Waals surface area contributed by atoms with Crippen LogP contribution in [-0.2, 0) is 4.79 Å². The van der Waals surface area contributed by atoms with E-state index in [0.717, 1.165) is 19.4 Å². The van der Waals surface area contributed by atoms with E-state index in [9.17, 15) is 9.18 Å². The number of benzene rings is 1. The first kappa shape index (κ1) is 17.5. The Morgan fingerprint density at radius 3 is 2.92 bits per heavy atom. The van der Waals surface area contributed by atoms with E-state index in [-0.39, 0.29) is 23.7 Å². The van der Waals surface area contributed by atoms with Gasteiger partial charge < -0.3 is 15.2 Å². The molecule has 2 aromatic rings. The summed E-state index contributed by atoms with van der Waals surface area (Å²) in [7, 11) is 0. The van der Waals surface area contributed by atoms with Crippen molar-refractivity contribution in [2.75, 3.05) is 13.1 Å². The molecule has 1 aromatic carbocycles. The second-order valence-corrected chi connectivity index (χ2v) is 6.66. The number of hydrogen-bond acceptors (Lipinski definition) is 5. The number of carbonyl (C=O) groups excluding carboxylic acids is 1. The molecule has 134 valence electrons. The van der Waals surface area contributed by atoms with Crippen molar-refractivity contribution >= 4 is 5.91 Å². The van der Waals surface area contributed by atoms with Gasteiger partial charge in [0.15, 0.2) is 0 Å². The standard InChI is InChI=1S/C18H23FN4O2/c1-12(20)4-9-16(24)23-10-2-3-14(11-23)18-21-17(22-25-18)13-5-7-15(19)8-6-13/h5-8,12,14H,2-4,9-11,20H2,1H3. The lowest BCUT2D eigenvalue weighted by Gasteiger charge is -2.31. The summed E-state index contributed by atoms with van der Waals surface area (Å²) in [5, 5.41) is 3.99. The first-order valence-electron chi connectivity index (χ1n) is 8.66. The number of nitrogens with zero attached hydrogens (tertiary/aromatic N) is 3. The van der Waals surface area contributed by atoms with Gasteiger partial charge in [0.1, 0.15) is 5.82 Å². The van der Waals surface area contributed by atoms with Crippen LogP contribution in [0.5, 0.6) is 0 Å². The summed E-state index contributed by atoms with van der Waals surface area (Å²) in [5.74, 6) is 0.829. The predicted molar refractivity (Wildman–Crippen MR) is 91.1 cm³/mol. The number of rotatable bonds is 5. The van der Waals surface area contributed by atoms with Crippen molar-refractivity contribution in [2.24, 2.45) is 5.73 Å². The molecular weight excluding hydrogens is 323 g/mol. The molecule has 2 heterocycles. The minimum atomic E-state index is -0.305. The molecule has 1 amide bonds. The van der Waals surface area contributed by atoms with Gasteiger partial charge in [0, 0.05) is 31.1 Å². The molecule has 1 saturated heterocycles. The van der Waals surface area contributed by atoms with Crippen LogP contribution in [0.25, 0.3) is 11.4 Å². The molecule has 0 spiro atoms. The zero-order chi connectivity index (χ0) is 17.8. The van der Waals surface area contributed by atoms with Gasteiger partial charge in [-0.05, 0) is 50.5 Å². The van der Waals surface area contributed by atoms with E-state index >= 15 is 0 Å². The molecule has 1 fully saturated rings. The first-order valence-corrected chi connectivity index (χ1v) is 8.66. The summed E-state index contributed by atoms with van der Waals surface area (Å²) in [6.07, 6.45) is 2.97. The lowest BCUT2D eigenvalue weighted by Crippen LogP contribution is -2.39. The third-order valence-electron chi connectivity index (χ3n) is 4.48. The Morgan fingerprint density at radius 1 is 1.44 bits per heavy atom. The molecule has 1 aliphatic heterocycles. The predicted octanol–water partition coefficient (Wildman–Crippen LogP) is 2.71. The van der Waals surface area contributed by atoms with Gasteiger partial charge in [0.05, 0.1) is 5.92 Å². The van der Waals surface area contributed by atoms with Gasteiger partial charge in [-0.3, -0.25) is 4.79 Å². The maximum atomic E-state index is 13.0. The van der Waals surface area contributed by atoms with Crippen LogP contribution in [0.3, 0.4) is 0 Å². The van der Waals surface area contributed by atoms with Gasteiger partial charge >= 0.3 is 0 Å². The Morgan fingerprint density at radius 2 is 2.20 bits per heavy atom. The Balaban J connectivity index is 1.65. The fourth-order valence-electron chi connectivity index (χ4n) is 3.03. The highest BCUT2D eigenvalue weighted by molar-refractivity contribution is 5.76. The van der Waals surface area contributed by atoms with Gasteiger partial charge in [0.2, 0.25) is 17.6 Å².